The molecule has 0 spiro atoms. The van der Waals surface area contributed by atoms with Crippen molar-refractivity contribution in [1.29, 1.82) is 0 Å². The van der Waals surface area contributed by atoms with Gasteiger partial charge < -0.3 is 55.6 Å². The summed E-state index contributed by atoms with van der Waals surface area (Å²) in [5, 5.41) is 0. The zero-order valence-corrected chi connectivity index (χ0v) is 45.4. The maximum atomic E-state index is 16.0. The number of carbonyl (C=O) groups excluding carboxylic acids is 2. The molecule has 0 saturated heterocycles. The van der Waals surface area contributed by atoms with Crippen LogP contribution >= 0.6 is 17.2 Å². The first-order chi connectivity index (χ1) is 34.9. The summed E-state index contributed by atoms with van der Waals surface area (Å²) >= 11 is 0. The Morgan fingerprint density at radius 3 is 1.00 bits per heavy atom. The molecule has 0 atom stereocenters. The lowest BCUT2D eigenvalue weighted by Gasteiger charge is -2.27. The topological polar surface area (TPSA) is 179 Å². The molecule has 6 aromatic carbocycles. The van der Waals surface area contributed by atoms with Crippen LogP contribution in [0.15, 0.2) is 119 Å². The van der Waals surface area contributed by atoms with E-state index in [1.165, 1.54) is 79.1 Å². The molecule has 0 unspecified atom stereocenters. The van der Waals surface area contributed by atoms with E-state index in [1.807, 2.05) is 41.5 Å². The predicted octanol–water partition coefficient (Wildman–Crippen LogP) is 13.1. The van der Waals surface area contributed by atoms with Gasteiger partial charge >= 0.3 is 17.2 Å². The van der Waals surface area contributed by atoms with Crippen molar-refractivity contribution in [2.75, 3.05) is 42.7 Å². The fourth-order valence-electron chi connectivity index (χ4n) is 6.92. The highest BCUT2D eigenvalue weighted by molar-refractivity contribution is 7.91. The largest absolute Gasteiger partial charge is 0.530 e. The van der Waals surface area contributed by atoms with Gasteiger partial charge in [0.15, 0.2) is 46.0 Å². The molecule has 0 N–H and O–H groups in total. The van der Waals surface area contributed by atoms with E-state index in [1.54, 1.807) is 72.8 Å². The summed E-state index contributed by atoms with van der Waals surface area (Å²) in [5.41, 5.74) is 0.967. The van der Waals surface area contributed by atoms with Gasteiger partial charge in [-0.05, 0) is 120 Å². The molecule has 73 heavy (non-hydrogen) atoms. The van der Waals surface area contributed by atoms with Gasteiger partial charge in [0, 0.05) is 23.3 Å². The first-order valence-electron chi connectivity index (χ1n) is 22.8. The Kier molecular flexibility index (Phi) is 18.4. The molecule has 0 aromatic heterocycles. The van der Waals surface area contributed by atoms with Crippen LogP contribution in [0.2, 0.25) is 0 Å². The van der Waals surface area contributed by atoms with E-state index < -0.39 is 37.9 Å². The highest BCUT2D eigenvalue weighted by atomic mass is 32.2. The van der Waals surface area contributed by atoms with E-state index >= 15 is 8.42 Å². The third-order valence-electron chi connectivity index (χ3n) is 12.2. The molecule has 6 rings (SSSR count). The first kappa shape index (κ1) is 55.4. The van der Waals surface area contributed by atoms with Crippen molar-refractivity contribution in [1.82, 2.24) is 0 Å². The van der Waals surface area contributed by atoms with E-state index in [0.717, 1.165) is 0 Å². The molecule has 388 valence electrons. The Hall–Kier alpha value is -6.93. The van der Waals surface area contributed by atoms with E-state index in [2.05, 4.69) is 0 Å². The maximum absolute atomic E-state index is 16.0. The van der Waals surface area contributed by atoms with Crippen molar-refractivity contribution in [3.05, 3.63) is 131 Å². The van der Waals surface area contributed by atoms with Crippen LogP contribution in [0.25, 0.3) is 0 Å². The molecular formula is C54H60O16P2S. The maximum Gasteiger partial charge on any atom is 0.530 e. The lowest BCUT2D eigenvalue weighted by molar-refractivity contribution is 0.111. The Bertz CT molecular complexity index is 2900. The fraction of sp³-hybridized carbons (Fsp3) is 0.296. The number of carbonyl (C=O) groups is 2. The average Bonchev–Trinajstić information content (AvgIpc) is 3.41. The minimum Gasteiger partial charge on any atom is -0.497 e. The summed E-state index contributed by atoms with van der Waals surface area (Å²) in [6, 6.07) is 28.6. The number of sulfone groups is 1. The lowest BCUT2D eigenvalue weighted by atomic mass is 9.82. The standard InChI is InChI=1S/C54H60O16P2S/c1-13-53(3,4)37-17-23-45(69-71(65-41-21-15-35(33-55)27-47(41)61-9)66-42-22-16-36(34-56)28-48(42)62-10)51(29-37)73(57,58)52-30-38(54(5,6)14-2)18-24-46(52)70-72(67-43-25-19-39(59-7)31-49(43)63-11)68-44-26-20-40(60-8)32-50(44)64-12/h15-34H,13-14H2,1-12H3. The third kappa shape index (κ3) is 13.0. The molecule has 0 bridgehead atoms. The van der Waals surface area contributed by atoms with Crippen molar-refractivity contribution in [2.45, 2.75) is 75.0 Å². The second kappa shape index (κ2) is 24.2. The summed E-state index contributed by atoms with van der Waals surface area (Å²) in [4.78, 5) is 23.0. The SMILES string of the molecule is CCC(C)(C)c1ccc(OP(Oc2ccc(C=O)cc2OC)Oc2ccc(C=O)cc2OC)c(S(=O)(=O)c2cc(C(C)(C)CC)ccc2OP(Oc2ccc(OC)cc2OC)Oc2ccc(OC)cc2OC)c1. The number of hydrogen-bond donors (Lipinski definition) is 0. The molecule has 6 aromatic rings. The molecule has 0 fully saturated rings. The number of ether oxygens (including phenoxy) is 6. The van der Waals surface area contributed by atoms with Crippen molar-refractivity contribution in [3.8, 4) is 69.0 Å². The van der Waals surface area contributed by atoms with Gasteiger partial charge in [-0.15, -0.1) is 0 Å². The molecular weight excluding hydrogens is 999 g/mol. The smallest absolute Gasteiger partial charge is 0.497 e. The molecule has 0 amide bonds. The number of hydrogen-bond acceptors (Lipinski definition) is 16. The molecule has 0 aliphatic carbocycles. The van der Waals surface area contributed by atoms with Gasteiger partial charge in [0.2, 0.25) is 9.84 Å². The predicted molar refractivity (Wildman–Crippen MR) is 278 cm³/mol. The quantitative estimate of drug-likeness (QED) is 0.0369. The van der Waals surface area contributed by atoms with Crippen LogP contribution in [-0.4, -0.2) is 63.6 Å². The van der Waals surface area contributed by atoms with Crippen molar-refractivity contribution in [2.24, 2.45) is 0 Å². The highest BCUT2D eigenvalue weighted by Crippen LogP contribution is 2.53. The van der Waals surface area contributed by atoms with Crippen LogP contribution in [-0.2, 0) is 20.7 Å². The van der Waals surface area contributed by atoms with Crippen LogP contribution < -0.4 is 55.6 Å². The Balaban J connectivity index is 1.57. The number of aldehydes is 2. The van der Waals surface area contributed by atoms with Crippen LogP contribution in [0.4, 0.5) is 0 Å². The molecule has 0 aliphatic rings. The summed E-state index contributed by atoms with van der Waals surface area (Å²) in [7, 11) is -1.22. The molecule has 19 heteroatoms. The van der Waals surface area contributed by atoms with Crippen LogP contribution in [0.3, 0.4) is 0 Å². The van der Waals surface area contributed by atoms with Crippen LogP contribution in [0, 0.1) is 0 Å². The van der Waals surface area contributed by atoms with Gasteiger partial charge in [0.05, 0.1) is 42.7 Å². The first-order valence-corrected chi connectivity index (χ1v) is 26.5. The molecule has 16 nitrogen and oxygen atoms in total. The minimum absolute atomic E-state index is 0.108. The molecule has 0 saturated carbocycles. The van der Waals surface area contributed by atoms with Gasteiger partial charge in [-0.2, -0.15) is 0 Å². The Labute approximate surface area is 429 Å². The normalized spacial score (nSPS) is 11.6. The lowest BCUT2D eigenvalue weighted by Crippen LogP contribution is -2.18. The monoisotopic (exact) mass is 1060 g/mol. The minimum atomic E-state index is -4.71. The molecule has 0 radical (unpaired) electrons. The summed E-state index contributed by atoms with van der Waals surface area (Å²) in [5.74, 6) is 2.21. The van der Waals surface area contributed by atoms with E-state index in [0.29, 0.717) is 59.2 Å². The Morgan fingerprint density at radius 2 is 0.699 bits per heavy atom. The van der Waals surface area contributed by atoms with Crippen molar-refractivity contribution >= 4 is 39.6 Å². The van der Waals surface area contributed by atoms with Crippen LogP contribution in [0.1, 0.15) is 86.2 Å². The van der Waals surface area contributed by atoms with Crippen molar-refractivity contribution < 1.29 is 73.6 Å². The van der Waals surface area contributed by atoms with Gasteiger partial charge in [-0.25, -0.2) is 8.42 Å². The van der Waals surface area contributed by atoms with E-state index in [4.69, 9.17) is 55.6 Å². The average molecular weight is 1060 g/mol. The zero-order valence-electron chi connectivity index (χ0n) is 42.8. The number of methoxy groups -OCH3 is 6. The third-order valence-corrected chi connectivity index (χ3v) is 16.1. The van der Waals surface area contributed by atoms with Crippen LogP contribution in [0.5, 0.6) is 69.0 Å². The second-order valence-electron chi connectivity index (χ2n) is 17.4. The zero-order chi connectivity index (χ0) is 53.1. The summed E-state index contributed by atoms with van der Waals surface area (Å²) in [6.07, 6.45) is 2.61. The summed E-state index contributed by atoms with van der Waals surface area (Å²) in [6.45, 7) is 12.0. The highest BCUT2D eigenvalue weighted by Gasteiger charge is 2.36. The molecule has 0 aliphatic heterocycles. The van der Waals surface area contributed by atoms with Gasteiger partial charge in [0.25, 0.3) is 0 Å². The van der Waals surface area contributed by atoms with E-state index in [9.17, 15) is 9.59 Å². The molecule has 0 heterocycles. The second-order valence-corrected chi connectivity index (χ2v) is 21.3. The summed E-state index contributed by atoms with van der Waals surface area (Å²) < 4.78 is 104. The van der Waals surface area contributed by atoms with E-state index in [-0.39, 0.29) is 67.3 Å². The van der Waals surface area contributed by atoms with Gasteiger partial charge in [-0.1, -0.05) is 53.7 Å². The van der Waals surface area contributed by atoms with Crippen molar-refractivity contribution in [3.63, 3.8) is 0 Å². The number of benzene rings is 6. The van der Waals surface area contributed by atoms with Gasteiger partial charge in [0.1, 0.15) is 45.4 Å². The number of rotatable bonds is 26. The Morgan fingerprint density at radius 1 is 0.397 bits per heavy atom. The van der Waals surface area contributed by atoms with Gasteiger partial charge in [-0.3, -0.25) is 9.59 Å². The fourth-order valence-corrected chi connectivity index (χ4v) is 10.7.